The lowest BCUT2D eigenvalue weighted by atomic mass is 10.2. The highest BCUT2D eigenvalue weighted by Crippen LogP contribution is 2.05. The van der Waals surface area contributed by atoms with Crippen molar-refractivity contribution in [3.05, 3.63) is 22.2 Å². The summed E-state index contributed by atoms with van der Waals surface area (Å²) < 4.78 is 0. The number of rotatable bonds is 1. The van der Waals surface area contributed by atoms with Crippen molar-refractivity contribution in [3.8, 4) is 5.88 Å². The van der Waals surface area contributed by atoms with Crippen molar-refractivity contribution in [3.63, 3.8) is 0 Å². The fourth-order valence-electron chi connectivity index (χ4n) is 0.737. The van der Waals surface area contributed by atoms with Crippen LogP contribution in [0.4, 0.5) is 0 Å². The predicted octanol–water partition coefficient (Wildman–Crippen LogP) is 1.06. The lowest BCUT2D eigenvalue weighted by molar-refractivity contribution is 0.443. The molecule has 0 atom stereocenters. The highest BCUT2D eigenvalue weighted by Gasteiger charge is 2.02. The normalized spacial score (nSPS) is 8.58. The van der Waals surface area contributed by atoms with Crippen LogP contribution < -0.4 is 5.56 Å². The Balaban J connectivity index is 0.000000561. The number of aromatic amines is 1. The maximum absolute atomic E-state index is 10.8. The number of H-pyrrole nitrogens is 1. The van der Waals surface area contributed by atoms with Crippen LogP contribution in [0.15, 0.2) is 11.1 Å². The SMILES string of the molecule is CC.CCc1c(O)nc[nH]c1=O. The van der Waals surface area contributed by atoms with Gasteiger partial charge < -0.3 is 10.1 Å². The smallest absolute Gasteiger partial charge is 0.257 e. The van der Waals surface area contributed by atoms with Gasteiger partial charge in [0.25, 0.3) is 5.56 Å². The third-order valence-electron chi connectivity index (χ3n) is 1.28. The van der Waals surface area contributed by atoms with Gasteiger partial charge in [0, 0.05) is 0 Å². The van der Waals surface area contributed by atoms with E-state index >= 15 is 0 Å². The monoisotopic (exact) mass is 170 g/mol. The third kappa shape index (κ3) is 2.38. The van der Waals surface area contributed by atoms with E-state index in [4.69, 9.17) is 5.11 Å². The minimum absolute atomic E-state index is 0.175. The number of hydrogen-bond donors (Lipinski definition) is 2. The molecule has 2 N–H and O–H groups in total. The molecule has 1 aromatic rings. The van der Waals surface area contributed by atoms with E-state index in [0.29, 0.717) is 12.0 Å². The first-order valence-electron chi connectivity index (χ1n) is 4.01. The average molecular weight is 170 g/mol. The van der Waals surface area contributed by atoms with Crippen molar-refractivity contribution >= 4 is 0 Å². The van der Waals surface area contributed by atoms with Crippen LogP contribution in [0.5, 0.6) is 5.88 Å². The Morgan fingerprint density at radius 3 is 2.50 bits per heavy atom. The summed E-state index contributed by atoms with van der Waals surface area (Å²) in [6, 6.07) is 0. The molecule has 0 fully saturated rings. The Morgan fingerprint density at radius 1 is 1.58 bits per heavy atom. The largest absolute Gasteiger partial charge is 0.493 e. The van der Waals surface area contributed by atoms with Crippen LogP contribution in [-0.4, -0.2) is 15.1 Å². The van der Waals surface area contributed by atoms with Crippen molar-refractivity contribution in [2.45, 2.75) is 27.2 Å². The molecule has 1 heterocycles. The Labute approximate surface area is 71.3 Å². The zero-order chi connectivity index (χ0) is 9.56. The molecule has 4 heteroatoms. The molecule has 0 saturated carbocycles. The Bertz CT molecular complexity index is 281. The second kappa shape index (κ2) is 5.35. The Hall–Kier alpha value is -1.32. The molecule has 0 spiro atoms. The topological polar surface area (TPSA) is 66.0 Å². The van der Waals surface area contributed by atoms with E-state index in [9.17, 15) is 4.79 Å². The lowest BCUT2D eigenvalue weighted by Gasteiger charge is -1.94. The molecule has 0 amide bonds. The molecule has 1 aromatic heterocycles. The third-order valence-corrected chi connectivity index (χ3v) is 1.28. The summed E-state index contributed by atoms with van der Waals surface area (Å²) in [4.78, 5) is 16.7. The van der Waals surface area contributed by atoms with Crippen molar-refractivity contribution in [2.24, 2.45) is 0 Å². The van der Waals surface area contributed by atoms with Gasteiger partial charge in [0.15, 0.2) is 0 Å². The van der Waals surface area contributed by atoms with Gasteiger partial charge >= 0.3 is 0 Å². The van der Waals surface area contributed by atoms with E-state index in [1.807, 2.05) is 13.8 Å². The molecule has 68 valence electrons. The first-order chi connectivity index (χ1) is 5.75. The standard InChI is InChI=1S/C6H8N2O2.C2H6/c1-2-4-5(9)7-3-8-6(4)10;1-2/h3H,2H2,1H3,(H2,7,8,9,10);1-2H3. The molecule has 0 aromatic carbocycles. The first-order valence-corrected chi connectivity index (χ1v) is 4.01. The van der Waals surface area contributed by atoms with Gasteiger partial charge in [-0.1, -0.05) is 20.8 Å². The zero-order valence-corrected chi connectivity index (χ0v) is 7.59. The average Bonchev–Trinajstić information content (AvgIpc) is 2.08. The highest BCUT2D eigenvalue weighted by atomic mass is 16.3. The van der Waals surface area contributed by atoms with Crippen LogP contribution in [-0.2, 0) is 6.42 Å². The van der Waals surface area contributed by atoms with Crippen LogP contribution in [0.2, 0.25) is 0 Å². The maximum atomic E-state index is 10.8. The quantitative estimate of drug-likeness (QED) is 0.662. The van der Waals surface area contributed by atoms with Crippen LogP contribution in [0.25, 0.3) is 0 Å². The Morgan fingerprint density at radius 2 is 2.17 bits per heavy atom. The van der Waals surface area contributed by atoms with Gasteiger partial charge in [0.05, 0.1) is 11.9 Å². The predicted molar refractivity (Wildman–Crippen MR) is 47.2 cm³/mol. The Kier molecular flexibility index (Phi) is 4.76. The van der Waals surface area contributed by atoms with Crippen LogP contribution in [0.1, 0.15) is 26.3 Å². The van der Waals surface area contributed by atoms with Gasteiger partial charge in [0.2, 0.25) is 5.88 Å². The summed E-state index contributed by atoms with van der Waals surface area (Å²) in [5, 5.41) is 8.96. The van der Waals surface area contributed by atoms with Crippen molar-refractivity contribution in [1.29, 1.82) is 0 Å². The minimum Gasteiger partial charge on any atom is -0.493 e. The number of nitrogens with one attached hydrogen (secondary N) is 1. The van der Waals surface area contributed by atoms with Gasteiger partial charge in [-0.2, -0.15) is 0 Å². The van der Waals surface area contributed by atoms with Crippen molar-refractivity contribution in [2.75, 3.05) is 0 Å². The number of hydrogen-bond acceptors (Lipinski definition) is 3. The van der Waals surface area contributed by atoms with Crippen molar-refractivity contribution in [1.82, 2.24) is 9.97 Å². The molecule has 0 radical (unpaired) electrons. The number of aromatic nitrogens is 2. The molecular formula is C8H14N2O2. The second-order valence-electron chi connectivity index (χ2n) is 1.89. The van der Waals surface area contributed by atoms with Gasteiger partial charge in [-0.05, 0) is 6.42 Å². The number of nitrogens with zero attached hydrogens (tertiary/aromatic N) is 1. The molecule has 0 unspecified atom stereocenters. The summed E-state index contributed by atoms with van der Waals surface area (Å²) in [7, 11) is 0. The van der Waals surface area contributed by atoms with E-state index in [2.05, 4.69) is 9.97 Å². The highest BCUT2D eigenvalue weighted by molar-refractivity contribution is 5.19. The zero-order valence-electron chi connectivity index (χ0n) is 7.59. The molecular weight excluding hydrogens is 156 g/mol. The summed E-state index contributed by atoms with van der Waals surface area (Å²) in [6.45, 7) is 5.78. The van der Waals surface area contributed by atoms with E-state index in [0.717, 1.165) is 0 Å². The molecule has 0 bridgehead atoms. The summed E-state index contributed by atoms with van der Waals surface area (Å²) in [6.07, 6.45) is 1.67. The van der Waals surface area contributed by atoms with Gasteiger partial charge in [-0.25, -0.2) is 4.98 Å². The summed E-state index contributed by atoms with van der Waals surface area (Å²) in [5.41, 5.74) is 0.0671. The molecule has 1 rings (SSSR count). The van der Waals surface area contributed by atoms with Crippen LogP contribution in [0.3, 0.4) is 0 Å². The first kappa shape index (κ1) is 10.7. The van der Waals surface area contributed by atoms with Crippen molar-refractivity contribution < 1.29 is 5.11 Å². The van der Waals surface area contributed by atoms with Crippen LogP contribution in [0, 0.1) is 0 Å². The second-order valence-corrected chi connectivity index (χ2v) is 1.89. The molecule has 12 heavy (non-hydrogen) atoms. The van der Waals surface area contributed by atoms with E-state index < -0.39 is 0 Å². The molecule has 4 nitrogen and oxygen atoms in total. The molecule has 0 aliphatic heterocycles. The fourth-order valence-corrected chi connectivity index (χ4v) is 0.737. The lowest BCUT2D eigenvalue weighted by Crippen LogP contribution is -2.11. The van der Waals surface area contributed by atoms with Gasteiger partial charge in [-0.15, -0.1) is 0 Å². The van der Waals surface area contributed by atoms with E-state index in [1.54, 1.807) is 6.92 Å². The van der Waals surface area contributed by atoms with Crippen LogP contribution >= 0.6 is 0 Å². The molecule has 0 aliphatic rings. The maximum Gasteiger partial charge on any atom is 0.257 e. The van der Waals surface area contributed by atoms with Gasteiger partial charge in [-0.3, -0.25) is 4.79 Å². The molecule has 0 saturated heterocycles. The molecule has 0 aliphatic carbocycles. The summed E-state index contributed by atoms with van der Waals surface area (Å²) in [5.74, 6) is -0.175. The summed E-state index contributed by atoms with van der Waals surface area (Å²) >= 11 is 0. The number of aromatic hydroxyl groups is 1. The fraction of sp³-hybridized carbons (Fsp3) is 0.500. The van der Waals surface area contributed by atoms with E-state index in [1.165, 1.54) is 6.33 Å². The minimum atomic E-state index is -0.269. The van der Waals surface area contributed by atoms with Gasteiger partial charge in [0.1, 0.15) is 0 Å². The van der Waals surface area contributed by atoms with E-state index in [-0.39, 0.29) is 11.4 Å².